The number of nitrogens with one attached hydrogen (secondary N) is 1. The third kappa shape index (κ3) is 3.17. The molecular formula is C6H6ClN3S2. The van der Waals surface area contributed by atoms with Gasteiger partial charge in [0.1, 0.15) is 0 Å². The molecule has 3 nitrogen and oxygen atoms in total. The van der Waals surface area contributed by atoms with Crippen LogP contribution in [0.4, 0.5) is 0 Å². The number of halogens is 1. The molecule has 0 aliphatic carbocycles. The lowest BCUT2D eigenvalue weighted by molar-refractivity contribution is 1.04. The number of nitrogens with two attached hydrogens (primary N) is 1. The molecule has 6 heteroatoms. The van der Waals surface area contributed by atoms with E-state index in [0.29, 0.717) is 0 Å². The smallest absolute Gasteiger partial charge is 0.184 e. The Kier molecular flexibility index (Phi) is 3.46. The molecule has 64 valence electrons. The Morgan fingerprint density at radius 3 is 3.00 bits per heavy atom. The summed E-state index contributed by atoms with van der Waals surface area (Å²) in [7, 11) is 0. The minimum atomic E-state index is 0.147. The maximum absolute atomic E-state index is 5.69. The van der Waals surface area contributed by atoms with E-state index in [1.54, 1.807) is 12.3 Å². The standard InChI is InChI=1S/C6H6ClN3S2/c7-5-2-1-4(12-5)3-9-10-6(8)11/h1-3H,(H3,8,10,11). The molecule has 0 atom stereocenters. The van der Waals surface area contributed by atoms with Gasteiger partial charge in [-0.15, -0.1) is 11.3 Å². The quantitative estimate of drug-likeness (QED) is 0.451. The summed E-state index contributed by atoms with van der Waals surface area (Å²) in [6.45, 7) is 0. The van der Waals surface area contributed by atoms with Gasteiger partial charge in [-0.3, -0.25) is 5.43 Å². The van der Waals surface area contributed by atoms with Crippen LogP contribution in [0.1, 0.15) is 4.88 Å². The van der Waals surface area contributed by atoms with Gasteiger partial charge < -0.3 is 5.73 Å². The normalized spacial score (nSPS) is 10.4. The third-order valence-corrected chi connectivity index (χ3v) is 2.22. The average molecular weight is 220 g/mol. The van der Waals surface area contributed by atoms with E-state index in [2.05, 4.69) is 22.7 Å². The molecule has 0 aliphatic heterocycles. The minimum absolute atomic E-state index is 0.147. The van der Waals surface area contributed by atoms with Crippen LogP contribution in [0.2, 0.25) is 4.34 Å². The van der Waals surface area contributed by atoms with Crippen LogP contribution in [0.25, 0.3) is 0 Å². The largest absolute Gasteiger partial charge is 0.375 e. The van der Waals surface area contributed by atoms with Crippen LogP contribution < -0.4 is 11.2 Å². The first kappa shape index (κ1) is 9.44. The van der Waals surface area contributed by atoms with Crippen molar-refractivity contribution in [2.75, 3.05) is 0 Å². The van der Waals surface area contributed by atoms with Gasteiger partial charge in [-0.2, -0.15) is 5.10 Å². The highest BCUT2D eigenvalue weighted by Gasteiger charge is 1.92. The van der Waals surface area contributed by atoms with Gasteiger partial charge in [0.05, 0.1) is 10.6 Å². The number of thiophene rings is 1. The van der Waals surface area contributed by atoms with Gasteiger partial charge in [0.2, 0.25) is 0 Å². The van der Waals surface area contributed by atoms with Crippen molar-refractivity contribution < 1.29 is 0 Å². The van der Waals surface area contributed by atoms with Gasteiger partial charge in [-0.05, 0) is 24.4 Å². The lowest BCUT2D eigenvalue weighted by Crippen LogP contribution is -2.23. The number of nitrogens with zero attached hydrogens (tertiary/aromatic N) is 1. The fourth-order valence-corrected chi connectivity index (χ4v) is 1.54. The van der Waals surface area contributed by atoms with Crippen molar-refractivity contribution in [3.8, 4) is 0 Å². The number of hydrogen-bond donors (Lipinski definition) is 2. The predicted octanol–water partition coefficient (Wildman–Crippen LogP) is 1.57. The molecule has 0 radical (unpaired) electrons. The molecule has 0 saturated carbocycles. The van der Waals surface area contributed by atoms with E-state index >= 15 is 0 Å². The van der Waals surface area contributed by atoms with E-state index in [4.69, 9.17) is 17.3 Å². The van der Waals surface area contributed by atoms with Gasteiger partial charge in [-0.1, -0.05) is 11.6 Å². The van der Waals surface area contributed by atoms with Crippen LogP contribution in [0.3, 0.4) is 0 Å². The highest BCUT2D eigenvalue weighted by Crippen LogP contribution is 2.19. The molecule has 1 aromatic rings. The molecule has 0 aliphatic rings. The second-order valence-electron chi connectivity index (χ2n) is 1.88. The van der Waals surface area contributed by atoms with E-state index in [9.17, 15) is 0 Å². The highest BCUT2D eigenvalue weighted by molar-refractivity contribution is 7.80. The molecule has 0 bridgehead atoms. The molecule has 3 N–H and O–H groups in total. The van der Waals surface area contributed by atoms with E-state index in [1.165, 1.54) is 11.3 Å². The maximum atomic E-state index is 5.69. The van der Waals surface area contributed by atoms with Crippen molar-refractivity contribution >= 4 is 46.5 Å². The van der Waals surface area contributed by atoms with Crippen molar-refractivity contribution in [1.82, 2.24) is 5.43 Å². The van der Waals surface area contributed by atoms with Crippen LogP contribution in [0, 0.1) is 0 Å². The third-order valence-electron chi connectivity index (χ3n) is 0.961. The predicted molar refractivity (Wildman–Crippen MR) is 56.8 cm³/mol. The second-order valence-corrected chi connectivity index (χ2v) is 4.06. The van der Waals surface area contributed by atoms with Gasteiger partial charge in [-0.25, -0.2) is 0 Å². The Morgan fingerprint density at radius 1 is 1.75 bits per heavy atom. The summed E-state index contributed by atoms with van der Waals surface area (Å²) in [5.41, 5.74) is 7.59. The van der Waals surface area contributed by atoms with E-state index in [0.717, 1.165) is 9.21 Å². The second kappa shape index (κ2) is 4.39. The average Bonchev–Trinajstić information content (AvgIpc) is 2.35. The van der Waals surface area contributed by atoms with E-state index in [-0.39, 0.29) is 5.11 Å². The van der Waals surface area contributed by atoms with Crippen molar-refractivity contribution in [2.45, 2.75) is 0 Å². The Morgan fingerprint density at radius 2 is 2.50 bits per heavy atom. The van der Waals surface area contributed by atoms with E-state index < -0.39 is 0 Å². The number of rotatable bonds is 2. The van der Waals surface area contributed by atoms with Crippen LogP contribution in [0.15, 0.2) is 17.2 Å². The van der Waals surface area contributed by atoms with Crippen LogP contribution in [-0.4, -0.2) is 11.3 Å². The Hall–Kier alpha value is -0.650. The SMILES string of the molecule is NC(=S)NN=Cc1ccc(Cl)s1. The van der Waals surface area contributed by atoms with Crippen molar-refractivity contribution in [2.24, 2.45) is 10.8 Å². The van der Waals surface area contributed by atoms with Gasteiger partial charge in [0, 0.05) is 4.88 Å². The molecule has 0 saturated heterocycles. The summed E-state index contributed by atoms with van der Waals surface area (Å²) in [6.07, 6.45) is 1.61. The lowest BCUT2D eigenvalue weighted by Gasteiger charge is -1.91. The minimum Gasteiger partial charge on any atom is -0.375 e. The molecule has 0 aromatic carbocycles. The molecule has 1 aromatic heterocycles. The van der Waals surface area contributed by atoms with Crippen molar-refractivity contribution in [1.29, 1.82) is 0 Å². The molecule has 0 amide bonds. The zero-order chi connectivity index (χ0) is 8.97. The Balaban J connectivity index is 2.52. The Labute approximate surface area is 84.2 Å². The summed E-state index contributed by atoms with van der Waals surface area (Å²) in [5, 5.41) is 3.91. The zero-order valence-corrected chi connectivity index (χ0v) is 8.34. The summed E-state index contributed by atoms with van der Waals surface area (Å²) in [4.78, 5) is 0.948. The fourth-order valence-electron chi connectivity index (χ4n) is 0.557. The first-order chi connectivity index (χ1) is 5.68. The van der Waals surface area contributed by atoms with Crippen LogP contribution >= 0.6 is 35.2 Å². The number of hydrogen-bond acceptors (Lipinski definition) is 3. The van der Waals surface area contributed by atoms with Crippen LogP contribution in [0.5, 0.6) is 0 Å². The number of thiocarbonyl (C=S) groups is 1. The maximum Gasteiger partial charge on any atom is 0.184 e. The summed E-state index contributed by atoms with van der Waals surface area (Å²) >= 11 is 11.7. The van der Waals surface area contributed by atoms with Crippen molar-refractivity contribution in [3.63, 3.8) is 0 Å². The molecular weight excluding hydrogens is 214 g/mol. The van der Waals surface area contributed by atoms with Crippen LogP contribution in [-0.2, 0) is 0 Å². The van der Waals surface area contributed by atoms with Gasteiger partial charge in [0.25, 0.3) is 0 Å². The van der Waals surface area contributed by atoms with Crippen molar-refractivity contribution in [3.05, 3.63) is 21.3 Å². The molecule has 1 rings (SSSR count). The lowest BCUT2D eigenvalue weighted by atomic mass is 10.5. The molecule has 0 spiro atoms. The van der Waals surface area contributed by atoms with Gasteiger partial charge >= 0.3 is 0 Å². The molecule has 0 fully saturated rings. The highest BCUT2D eigenvalue weighted by atomic mass is 35.5. The molecule has 1 heterocycles. The summed E-state index contributed by atoms with van der Waals surface area (Å²) < 4.78 is 0.728. The summed E-state index contributed by atoms with van der Waals surface area (Å²) in [6, 6.07) is 3.66. The molecule has 0 unspecified atom stereocenters. The fraction of sp³-hybridized carbons (Fsp3) is 0. The number of hydrazone groups is 1. The Bertz CT molecular complexity index is 307. The topological polar surface area (TPSA) is 50.4 Å². The zero-order valence-electron chi connectivity index (χ0n) is 5.95. The monoisotopic (exact) mass is 219 g/mol. The summed E-state index contributed by atoms with van der Waals surface area (Å²) in [5.74, 6) is 0. The molecule has 12 heavy (non-hydrogen) atoms. The first-order valence-corrected chi connectivity index (χ1v) is 4.62. The van der Waals surface area contributed by atoms with E-state index in [1.807, 2.05) is 6.07 Å². The first-order valence-electron chi connectivity index (χ1n) is 3.02. The van der Waals surface area contributed by atoms with Gasteiger partial charge in [0.15, 0.2) is 5.11 Å².